The van der Waals surface area contributed by atoms with Gasteiger partial charge in [0.1, 0.15) is 30.2 Å². The van der Waals surface area contributed by atoms with Gasteiger partial charge in [-0.1, -0.05) is 109 Å². The first kappa shape index (κ1) is 46.2. The predicted octanol–water partition coefficient (Wildman–Crippen LogP) is 2.65. The Balaban J connectivity index is 1.20. The van der Waals surface area contributed by atoms with Crippen LogP contribution in [-0.2, 0) is 59.2 Å². The zero-order valence-electron chi connectivity index (χ0n) is 35.2. The fourth-order valence-corrected chi connectivity index (χ4v) is 7.92. The molecule has 64 heavy (non-hydrogen) atoms. The molecule has 5 amide bonds. The highest BCUT2D eigenvalue weighted by Gasteiger charge is 2.40. The first-order chi connectivity index (χ1) is 30.9. The van der Waals surface area contributed by atoms with Crippen LogP contribution in [0.2, 0.25) is 0 Å². The van der Waals surface area contributed by atoms with Gasteiger partial charge in [-0.3, -0.25) is 28.8 Å². The van der Waals surface area contributed by atoms with Gasteiger partial charge in [0.15, 0.2) is 0 Å². The molecule has 16 nitrogen and oxygen atoms in total. The van der Waals surface area contributed by atoms with Crippen LogP contribution >= 0.6 is 0 Å². The molecule has 9 N–H and O–H groups in total. The molecule has 0 radical (unpaired) electrons. The van der Waals surface area contributed by atoms with E-state index >= 15 is 0 Å². The lowest BCUT2D eigenvalue weighted by Crippen LogP contribution is -2.60. The van der Waals surface area contributed by atoms with Gasteiger partial charge in [-0.15, -0.1) is 0 Å². The quantitative estimate of drug-likeness (QED) is 0.0535. The highest BCUT2D eigenvalue weighted by Crippen LogP contribution is 2.22. The number of H-pyrrole nitrogens is 1. The van der Waals surface area contributed by atoms with Crippen LogP contribution in [0.15, 0.2) is 121 Å². The van der Waals surface area contributed by atoms with Crippen molar-refractivity contribution in [2.24, 2.45) is 5.73 Å². The Labute approximate surface area is 370 Å². The van der Waals surface area contributed by atoms with Crippen LogP contribution in [0.4, 0.5) is 0 Å². The number of carboxylic acids is 2. The highest BCUT2D eigenvalue weighted by atomic mass is 16.4. The number of carboxylic acid groups (broad SMARTS) is 2. The number of carbonyl (C=O) groups excluding carboxylic acids is 5. The standard InChI is InChI=1S/C48H53N7O9/c49-35(28-33-29-50-36-20-11-10-19-34(33)36)43(58)52-38(25-30-13-4-1-5-14-30)45(60)53-39(26-31-15-6-2-7-16-31)44(59)51-37(22-23-42(56)57)47(62)55-24-12-21-41(55)46(61)54-40(48(63)64)27-32-17-8-3-9-18-32/h1-11,13-20,29,35,37-41,50H,12,21-28,49H2,(H,51,59)(H,52,58)(H,53,60)(H,54,61)(H,56,57)(H,63,64)/t35-,37-,38-,39-,40-,41-/m0/s1. The average molecular weight is 872 g/mol. The van der Waals surface area contributed by atoms with Crippen molar-refractivity contribution >= 4 is 52.4 Å². The average Bonchev–Trinajstić information content (AvgIpc) is 3.96. The second kappa shape index (κ2) is 22.2. The van der Waals surface area contributed by atoms with E-state index in [0.29, 0.717) is 17.5 Å². The summed E-state index contributed by atoms with van der Waals surface area (Å²) in [5.74, 6) is -6.03. The smallest absolute Gasteiger partial charge is 0.326 e. The van der Waals surface area contributed by atoms with Crippen LogP contribution in [0.3, 0.4) is 0 Å². The van der Waals surface area contributed by atoms with Gasteiger partial charge in [-0.05, 0) is 54.0 Å². The second-order valence-corrected chi connectivity index (χ2v) is 15.9. The molecule has 1 aliphatic heterocycles. The summed E-state index contributed by atoms with van der Waals surface area (Å²) in [6.07, 6.45) is 1.71. The van der Waals surface area contributed by atoms with Crippen molar-refractivity contribution in [1.29, 1.82) is 0 Å². The second-order valence-electron chi connectivity index (χ2n) is 15.9. The Kier molecular flexibility index (Phi) is 16.0. The van der Waals surface area contributed by atoms with Crippen LogP contribution in [0.25, 0.3) is 10.9 Å². The minimum absolute atomic E-state index is 0.00208. The minimum Gasteiger partial charge on any atom is -0.481 e. The maximum Gasteiger partial charge on any atom is 0.326 e. The number of aromatic nitrogens is 1. The summed E-state index contributed by atoms with van der Waals surface area (Å²) < 4.78 is 0. The molecule has 0 bridgehead atoms. The van der Waals surface area contributed by atoms with Gasteiger partial charge in [-0.25, -0.2) is 4.79 Å². The lowest BCUT2D eigenvalue weighted by atomic mass is 10.0. The molecule has 6 atom stereocenters. The van der Waals surface area contributed by atoms with Gasteiger partial charge in [0.2, 0.25) is 29.5 Å². The van der Waals surface area contributed by atoms with E-state index in [0.717, 1.165) is 22.0 Å². The molecule has 1 aliphatic rings. The van der Waals surface area contributed by atoms with E-state index in [1.807, 2.05) is 30.3 Å². The fourth-order valence-electron chi connectivity index (χ4n) is 7.92. The first-order valence-electron chi connectivity index (χ1n) is 21.2. The number of benzene rings is 4. The minimum atomic E-state index is -1.44. The van der Waals surface area contributed by atoms with E-state index in [1.54, 1.807) is 91.1 Å². The van der Waals surface area contributed by atoms with E-state index in [1.165, 1.54) is 4.90 Å². The Hall–Kier alpha value is -7.33. The Morgan fingerprint density at radius 1 is 0.625 bits per heavy atom. The van der Waals surface area contributed by atoms with Gasteiger partial charge in [0.25, 0.3) is 0 Å². The van der Waals surface area contributed by atoms with Gasteiger partial charge < -0.3 is 47.1 Å². The number of rotatable bonds is 21. The monoisotopic (exact) mass is 871 g/mol. The molecule has 0 unspecified atom stereocenters. The molecule has 1 saturated heterocycles. The molecule has 5 aromatic rings. The van der Waals surface area contributed by atoms with Crippen molar-refractivity contribution in [3.63, 3.8) is 0 Å². The maximum atomic E-state index is 14.4. The molecule has 6 rings (SSSR count). The number of amides is 5. The van der Waals surface area contributed by atoms with Crippen molar-refractivity contribution in [3.8, 4) is 0 Å². The molecule has 0 spiro atoms. The van der Waals surface area contributed by atoms with E-state index in [4.69, 9.17) is 5.73 Å². The Morgan fingerprint density at radius 2 is 1.12 bits per heavy atom. The highest BCUT2D eigenvalue weighted by molar-refractivity contribution is 5.97. The number of nitrogens with two attached hydrogens (primary N) is 1. The summed E-state index contributed by atoms with van der Waals surface area (Å²) in [7, 11) is 0. The van der Waals surface area contributed by atoms with Crippen LogP contribution in [0.5, 0.6) is 0 Å². The molecule has 0 aliphatic carbocycles. The van der Waals surface area contributed by atoms with E-state index in [9.17, 15) is 43.8 Å². The van der Waals surface area contributed by atoms with E-state index in [2.05, 4.69) is 26.3 Å². The summed E-state index contributed by atoms with van der Waals surface area (Å²) in [6, 6.07) is 26.8. The summed E-state index contributed by atoms with van der Waals surface area (Å²) in [4.78, 5) is 98.7. The van der Waals surface area contributed by atoms with Crippen molar-refractivity contribution in [2.45, 2.75) is 87.6 Å². The molecule has 1 aromatic heterocycles. The molecular formula is C48H53N7O9. The number of aromatic amines is 1. The molecule has 2 heterocycles. The number of aliphatic carboxylic acids is 2. The van der Waals surface area contributed by atoms with E-state index in [-0.39, 0.29) is 45.1 Å². The van der Waals surface area contributed by atoms with Gasteiger partial charge in [0, 0.05) is 49.3 Å². The van der Waals surface area contributed by atoms with Gasteiger partial charge in [-0.2, -0.15) is 0 Å². The fraction of sp³-hybridized carbons (Fsp3) is 0.312. The maximum absolute atomic E-state index is 14.4. The van der Waals surface area contributed by atoms with Crippen molar-refractivity contribution in [2.75, 3.05) is 6.54 Å². The first-order valence-corrected chi connectivity index (χ1v) is 21.2. The lowest BCUT2D eigenvalue weighted by Gasteiger charge is -2.30. The van der Waals surface area contributed by atoms with Crippen molar-refractivity contribution in [3.05, 3.63) is 144 Å². The van der Waals surface area contributed by atoms with Crippen LogP contribution < -0.4 is 27.0 Å². The SMILES string of the molecule is N[C@@H](Cc1c[nH]c2ccccc12)C(=O)N[C@@H](Cc1ccccc1)C(=O)N[C@@H](Cc1ccccc1)C(=O)N[C@@H](CCC(=O)O)C(=O)N1CCC[C@H]1C(=O)N[C@@H](Cc1ccccc1)C(=O)O. The lowest BCUT2D eigenvalue weighted by molar-refractivity contribution is -0.145. The predicted molar refractivity (Wildman–Crippen MR) is 237 cm³/mol. The number of nitrogens with one attached hydrogen (secondary N) is 5. The largest absolute Gasteiger partial charge is 0.481 e. The van der Waals surface area contributed by atoms with Crippen LogP contribution in [-0.4, -0.2) is 104 Å². The molecule has 16 heteroatoms. The third-order valence-corrected chi connectivity index (χ3v) is 11.3. The summed E-state index contributed by atoms with van der Waals surface area (Å²) >= 11 is 0. The summed E-state index contributed by atoms with van der Waals surface area (Å²) in [5, 5.41) is 31.3. The third-order valence-electron chi connectivity index (χ3n) is 11.3. The number of fused-ring (bicyclic) bond motifs is 1. The molecule has 334 valence electrons. The number of hydrogen-bond acceptors (Lipinski definition) is 8. The normalized spacial score (nSPS) is 15.8. The number of likely N-dealkylation sites (tertiary alicyclic amines) is 1. The topological polar surface area (TPSA) is 253 Å². The van der Waals surface area contributed by atoms with Crippen LogP contribution in [0, 0.1) is 0 Å². The molecular weight excluding hydrogens is 819 g/mol. The van der Waals surface area contributed by atoms with Crippen LogP contribution in [0.1, 0.15) is 47.9 Å². The number of para-hydroxylation sites is 1. The summed E-state index contributed by atoms with van der Waals surface area (Å²) in [6.45, 7) is 0.0975. The Morgan fingerprint density at radius 3 is 1.67 bits per heavy atom. The van der Waals surface area contributed by atoms with Crippen molar-refractivity contribution in [1.82, 2.24) is 31.2 Å². The third kappa shape index (κ3) is 12.6. The number of hydrogen-bond donors (Lipinski definition) is 8. The van der Waals surface area contributed by atoms with E-state index < -0.39 is 84.1 Å². The number of carbonyl (C=O) groups is 7. The Bertz CT molecular complexity index is 2410. The van der Waals surface area contributed by atoms with Gasteiger partial charge >= 0.3 is 11.9 Å². The molecule has 1 fully saturated rings. The molecule has 0 saturated carbocycles. The summed E-state index contributed by atoms with van der Waals surface area (Å²) in [5.41, 5.74) is 10.2. The zero-order valence-corrected chi connectivity index (χ0v) is 35.2. The van der Waals surface area contributed by atoms with Gasteiger partial charge in [0.05, 0.1) is 6.04 Å². The van der Waals surface area contributed by atoms with Crippen molar-refractivity contribution < 1.29 is 43.8 Å². The zero-order chi connectivity index (χ0) is 45.6. The molecule has 4 aromatic carbocycles. The number of nitrogens with zero attached hydrogens (tertiary/aromatic N) is 1.